The Kier molecular flexibility index (Phi) is 5.38. The number of nitrogens with one attached hydrogen (secondary N) is 1. The summed E-state index contributed by atoms with van der Waals surface area (Å²) in [4.78, 5) is 9.90. The summed E-state index contributed by atoms with van der Waals surface area (Å²) in [5.41, 5.74) is 0. The molecular formula is C7H11NO2. The molecule has 3 nitrogen and oxygen atoms in total. The van der Waals surface area contributed by atoms with E-state index in [0.29, 0.717) is 13.1 Å². The summed E-state index contributed by atoms with van der Waals surface area (Å²) in [6, 6.07) is 0. The first-order chi connectivity index (χ1) is 4.77. The fourth-order valence-corrected chi connectivity index (χ4v) is 0.428. The van der Waals surface area contributed by atoms with Crippen LogP contribution in [-0.4, -0.2) is 24.2 Å². The molecule has 0 saturated heterocycles. The lowest BCUT2D eigenvalue weighted by Crippen LogP contribution is -2.12. The highest BCUT2D eigenvalue weighted by molar-refractivity contribution is 5.79. The van der Waals surface area contributed by atoms with Crippen LogP contribution in [0.1, 0.15) is 0 Å². The molecule has 0 aliphatic rings. The third-order valence-corrected chi connectivity index (χ3v) is 0.811. The van der Waals surface area contributed by atoms with Crippen LogP contribution in [0.15, 0.2) is 24.8 Å². The van der Waals surface area contributed by atoms with Crippen LogP contribution in [-0.2, 0) is 4.79 Å². The summed E-state index contributed by atoms with van der Waals surface area (Å²) in [5, 5.41) is 11.1. The van der Waals surface area contributed by atoms with Gasteiger partial charge in [0.25, 0.3) is 0 Å². The highest BCUT2D eigenvalue weighted by atomic mass is 16.4. The molecule has 3 heteroatoms. The molecule has 56 valence electrons. The van der Waals surface area contributed by atoms with Gasteiger partial charge in [0.1, 0.15) is 0 Å². The molecule has 0 radical (unpaired) electrons. The zero-order chi connectivity index (χ0) is 7.82. The van der Waals surface area contributed by atoms with Crippen molar-refractivity contribution in [2.75, 3.05) is 13.1 Å². The highest BCUT2D eigenvalue weighted by Crippen LogP contribution is 1.70. The molecule has 0 aliphatic heterocycles. The number of aliphatic carboxylic acids is 1. The molecule has 0 heterocycles. The maximum Gasteiger partial charge on any atom is 0.328 e. The van der Waals surface area contributed by atoms with Crippen LogP contribution in [0.25, 0.3) is 0 Å². The molecule has 0 aromatic carbocycles. The second kappa shape index (κ2) is 6.04. The second-order valence-electron chi connectivity index (χ2n) is 1.69. The molecule has 0 atom stereocenters. The molecule has 0 aliphatic carbocycles. The van der Waals surface area contributed by atoms with Crippen molar-refractivity contribution in [3.8, 4) is 0 Å². The largest absolute Gasteiger partial charge is 0.478 e. The number of rotatable bonds is 5. The van der Waals surface area contributed by atoms with Crippen molar-refractivity contribution >= 4 is 5.97 Å². The molecule has 0 bridgehead atoms. The summed E-state index contributed by atoms with van der Waals surface area (Å²) < 4.78 is 0. The Hall–Kier alpha value is -1.09. The monoisotopic (exact) mass is 141 g/mol. The predicted octanol–water partition coefficient (Wildman–Crippen LogP) is 0.403. The zero-order valence-electron chi connectivity index (χ0n) is 5.71. The molecule has 0 fully saturated rings. The van der Waals surface area contributed by atoms with Gasteiger partial charge in [0, 0.05) is 19.2 Å². The Morgan fingerprint density at radius 3 is 2.80 bits per heavy atom. The average molecular weight is 141 g/mol. The van der Waals surface area contributed by atoms with E-state index in [2.05, 4.69) is 11.9 Å². The number of hydrogen-bond acceptors (Lipinski definition) is 2. The molecule has 0 amide bonds. The van der Waals surface area contributed by atoms with Crippen LogP contribution < -0.4 is 5.32 Å². The first-order valence-electron chi connectivity index (χ1n) is 2.98. The molecule has 0 rings (SSSR count). The molecule has 0 unspecified atom stereocenters. The lowest BCUT2D eigenvalue weighted by atomic mass is 10.5. The topological polar surface area (TPSA) is 49.3 Å². The summed E-state index contributed by atoms with van der Waals surface area (Å²) in [6.07, 6.45) is 4.37. The van der Waals surface area contributed by atoms with Gasteiger partial charge in [-0.2, -0.15) is 0 Å². The van der Waals surface area contributed by atoms with E-state index in [1.807, 2.05) is 0 Å². The van der Waals surface area contributed by atoms with E-state index in [-0.39, 0.29) is 0 Å². The van der Waals surface area contributed by atoms with Crippen LogP contribution in [0.4, 0.5) is 0 Å². The van der Waals surface area contributed by atoms with Gasteiger partial charge in [-0.25, -0.2) is 4.79 Å². The summed E-state index contributed by atoms with van der Waals surface area (Å²) in [6.45, 7) is 4.76. The molecule has 0 saturated carbocycles. The third-order valence-electron chi connectivity index (χ3n) is 0.811. The average Bonchev–Trinajstić information content (AvgIpc) is 1.87. The summed E-state index contributed by atoms with van der Waals surface area (Å²) >= 11 is 0. The van der Waals surface area contributed by atoms with Gasteiger partial charge in [-0.05, 0) is 0 Å². The third kappa shape index (κ3) is 6.91. The van der Waals surface area contributed by atoms with Gasteiger partial charge >= 0.3 is 5.97 Å². The molecule has 10 heavy (non-hydrogen) atoms. The van der Waals surface area contributed by atoms with Gasteiger partial charge in [-0.3, -0.25) is 0 Å². The van der Waals surface area contributed by atoms with Crippen molar-refractivity contribution < 1.29 is 9.90 Å². The first-order valence-corrected chi connectivity index (χ1v) is 2.98. The Morgan fingerprint density at radius 2 is 2.30 bits per heavy atom. The minimum Gasteiger partial charge on any atom is -0.478 e. The lowest BCUT2D eigenvalue weighted by molar-refractivity contribution is -0.131. The highest BCUT2D eigenvalue weighted by Gasteiger charge is 1.82. The van der Waals surface area contributed by atoms with Crippen molar-refractivity contribution in [1.82, 2.24) is 5.32 Å². The smallest absolute Gasteiger partial charge is 0.328 e. The fourth-order valence-electron chi connectivity index (χ4n) is 0.428. The molecule has 0 aromatic rings. The van der Waals surface area contributed by atoms with Gasteiger partial charge in [0.2, 0.25) is 0 Å². The van der Waals surface area contributed by atoms with Gasteiger partial charge in [-0.1, -0.05) is 12.2 Å². The van der Waals surface area contributed by atoms with E-state index in [1.54, 1.807) is 12.2 Å². The number of carboxylic acids is 1. The van der Waals surface area contributed by atoms with Crippen molar-refractivity contribution in [1.29, 1.82) is 0 Å². The van der Waals surface area contributed by atoms with Gasteiger partial charge in [0.15, 0.2) is 0 Å². The molecule has 0 spiro atoms. The Morgan fingerprint density at radius 1 is 1.60 bits per heavy atom. The number of carbonyl (C=O) groups is 1. The normalized spacial score (nSPS) is 10.0. The molecule has 0 aromatic heterocycles. The van der Waals surface area contributed by atoms with Crippen LogP contribution in [0.2, 0.25) is 0 Å². The second-order valence-corrected chi connectivity index (χ2v) is 1.69. The van der Waals surface area contributed by atoms with E-state index in [0.717, 1.165) is 6.08 Å². The van der Waals surface area contributed by atoms with Crippen LogP contribution >= 0.6 is 0 Å². The first kappa shape index (κ1) is 8.91. The van der Waals surface area contributed by atoms with E-state index in [1.165, 1.54) is 0 Å². The van der Waals surface area contributed by atoms with Gasteiger partial charge < -0.3 is 10.4 Å². The SMILES string of the molecule is C=CCNCC=CC(=O)O. The van der Waals surface area contributed by atoms with E-state index >= 15 is 0 Å². The van der Waals surface area contributed by atoms with Crippen LogP contribution in [0, 0.1) is 0 Å². The Labute approximate surface area is 60.1 Å². The van der Waals surface area contributed by atoms with E-state index < -0.39 is 5.97 Å². The summed E-state index contributed by atoms with van der Waals surface area (Å²) in [5.74, 6) is -0.916. The number of carboxylic acid groups (broad SMARTS) is 1. The lowest BCUT2D eigenvalue weighted by Gasteiger charge is -1.91. The van der Waals surface area contributed by atoms with E-state index in [9.17, 15) is 4.79 Å². The van der Waals surface area contributed by atoms with Crippen molar-refractivity contribution in [3.05, 3.63) is 24.8 Å². The van der Waals surface area contributed by atoms with Crippen LogP contribution in [0.5, 0.6) is 0 Å². The molecule has 2 N–H and O–H groups in total. The van der Waals surface area contributed by atoms with Crippen molar-refractivity contribution in [2.45, 2.75) is 0 Å². The van der Waals surface area contributed by atoms with Gasteiger partial charge in [-0.15, -0.1) is 6.58 Å². The zero-order valence-corrected chi connectivity index (χ0v) is 5.71. The molecular weight excluding hydrogens is 130 g/mol. The van der Waals surface area contributed by atoms with Crippen molar-refractivity contribution in [2.24, 2.45) is 0 Å². The maximum absolute atomic E-state index is 9.90. The fraction of sp³-hybridized carbons (Fsp3) is 0.286. The summed E-state index contributed by atoms with van der Waals surface area (Å²) in [7, 11) is 0. The van der Waals surface area contributed by atoms with Crippen LogP contribution in [0.3, 0.4) is 0 Å². The quantitative estimate of drug-likeness (QED) is 0.331. The standard InChI is InChI=1S/C7H11NO2/c1-2-5-8-6-3-4-7(9)10/h2-4,8H,1,5-6H2,(H,9,10). The number of hydrogen-bond donors (Lipinski definition) is 2. The Balaban J connectivity index is 3.18. The predicted molar refractivity (Wildman–Crippen MR) is 39.8 cm³/mol. The minimum absolute atomic E-state index is 0.568. The Bertz CT molecular complexity index is 141. The maximum atomic E-state index is 9.90. The minimum atomic E-state index is -0.916. The van der Waals surface area contributed by atoms with E-state index in [4.69, 9.17) is 5.11 Å². The van der Waals surface area contributed by atoms with Gasteiger partial charge in [0.05, 0.1) is 0 Å². The van der Waals surface area contributed by atoms with Crippen molar-refractivity contribution in [3.63, 3.8) is 0 Å².